The maximum absolute atomic E-state index is 5.85. The molecule has 4 heteroatoms. The number of ether oxygens (including phenoxy) is 2. The van der Waals surface area contributed by atoms with Gasteiger partial charge in [0.1, 0.15) is 18.1 Å². The molecule has 2 rings (SSSR count). The Morgan fingerprint density at radius 1 is 1.40 bits per heavy atom. The van der Waals surface area contributed by atoms with Crippen molar-refractivity contribution in [2.24, 2.45) is 0 Å². The van der Waals surface area contributed by atoms with Gasteiger partial charge in [0.15, 0.2) is 0 Å². The van der Waals surface area contributed by atoms with E-state index in [-0.39, 0.29) is 11.6 Å². The van der Waals surface area contributed by atoms with Gasteiger partial charge in [-0.3, -0.25) is 0 Å². The van der Waals surface area contributed by atoms with Crippen molar-refractivity contribution in [1.82, 2.24) is 5.32 Å². The van der Waals surface area contributed by atoms with Crippen LogP contribution in [0.5, 0.6) is 0 Å². The minimum absolute atomic E-state index is 0.0930. The Morgan fingerprint density at radius 2 is 2.20 bits per heavy atom. The third kappa shape index (κ3) is 4.93. The van der Waals surface area contributed by atoms with Crippen molar-refractivity contribution in [2.75, 3.05) is 13.2 Å². The summed E-state index contributed by atoms with van der Waals surface area (Å²) in [5.74, 6) is 1.89. The lowest BCUT2D eigenvalue weighted by Crippen LogP contribution is -2.35. The largest absolute Gasteiger partial charge is 0.462 e. The molecule has 0 bridgehead atoms. The molecule has 0 spiro atoms. The third-order valence-electron chi connectivity index (χ3n) is 3.42. The monoisotopic (exact) mass is 281 g/mol. The van der Waals surface area contributed by atoms with Crippen molar-refractivity contribution in [3.05, 3.63) is 23.2 Å². The quantitative estimate of drug-likeness (QED) is 0.870. The molecule has 0 radical (unpaired) electrons. The van der Waals surface area contributed by atoms with Crippen LogP contribution < -0.4 is 5.32 Å². The van der Waals surface area contributed by atoms with Crippen LogP contribution in [-0.2, 0) is 22.6 Å². The van der Waals surface area contributed by atoms with Crippen LogP contribution in [0, 0.1) is 6.92 Å². The van der Waals surface area contributed by atoms with E-state index in [9.17, 15) is 0 Å². The van der Waals surface area contributed by atoms with E-state index >= 15 is 0 Å². The Hall–Kier alpha value is -0.840. The fourth-order valence-corrected chi connectivity index (χ4v) is 2.25. The van der Waals surface area contributed by atoms with Crippen LogP contribution in [0.2, 0.25) is 0 Å². The normalized spacial score (nSPS) is 19.7. The predicted molar refractivity (Wildman–Crippen MR) is 78.7 cm³/mol. The highest BCUT2D eigenvalue weighted by Crippen LogP contribution is 2.18. The van der Waals surface area contributed by atoms with E-state index in [2.05, 4.69) is 39.1 Å². The molecular weight excluding hydrogens is 254 g/mol. The summed E-state index contributed by atoms with van der Waals surface area (Å²) in [6.07, 6.45) is 2.53. The maximum atomic E-state index is 5.85. The Balaban J connectivity index is 1.77. The molecule has 1 saturated heterocycles. The van der Waals surface area contributed by atoms with Crippen molar-refractivity contribution in [3.8, 4) is 0 Å². The molecule has 114 valence electrons. The Kier molecular flexibility index (Phi) is 5.24. The summed E-state index contributed by atoms with van der Waals surface area (Å²) < 4.78 is 17.1. The number of aryl methyl sites for hydroxylation is 1. The van der Waals surface area contributed by atoms with Crippen LogP contribution in [0.3, 0.4) is 0 Å². The molecule has 1 aromatic heterocycles. The van der Waals surface area contributed by atoms with E-state index in [0.29, 0.717) is 13.2 Å². The lowest BCUT2D eigenvalue weighted by Gasteiger charge is -2.19. The van der Waals surface area contributed by atoms with E-state index in [1.807, 2.05) is 0 Å². The van der Waals surface area contributed by atoms with Gasteiger partial charge in [-0.25, -0.2) is 0 Å². The maximum Gasteiger partial charge on any atom is 0.130 e. The molecule has 1 N–H and O–H groups in total. The summed E-state index contributed by atoms with van der Waals surface area (Å²) in [6, 6.07) is 2.06. The first-order chi connectivity index (χ1) is 9.44. The third-order valence-corrected chi connectivity index (χ3v) is 3.42. The lowest BCUT2D eigenvalue weighted by atomic mass is 10.1. The van der Waals surface area contributed by atoms with Crippen molar-refractivity contribution in [3.63, 3.8) is 0 Å². The van der Waals surface area contributed by atoms with Gasteiger partial charge in [0.05, 0.1) is 19.3 Å². The molecule has 1 atom stereocenters. The smallest absolute Gasteiger partial charge is 0.130 e. The molecule has 20 heavy (non-hydrogen) atoms. The molecular formula is C16H27NO3. The summed E-state index contributed by atoms with van der Waals surface area (Å²) in [7, 11) is 0. The standard InChI is InChI=1S/C16H27NO3/c1-12-8-14(11-18-10-13-6-5-7-19-13)20-15(12)9-17-16(2,3)4/h8,13,17H,5-7,9-11H2,1-4H3. The summed E-state index contributed by atoms with van der Waals surface area (Å²) in [5, 5.41) is 3.44. The highest BCUT2D eigenvalue weighted by Gasteiger charge is 2.16. The van der Waals surface area contributed by atoms with Gasteiger partial charge in [-0.15, -0.1) is 0 Å². The van der Waals surface area contributed by atoms with Gasteiger partial charge in [0, 0.05) is 12.1 Å². The second-order valence-electron chi connectivity index (χ2n) is 6.57. The minimum Gasteiger partial charge on any atom is -0.462 e. The minimum atomic E-state index is 0.0930. The van der Waals surface area contributed by atoms with Crippen molar-refractivity contribution >= 4 is 0 Å². The number of rotatable bonds is 6. The number of hydrogen-bond acceptors (Lipinski definition) is 4. The van der Waals surface area contributed by atoms with Gasteiger partial charge >= 0.3 is 0 Å². The first-order valence-corrected chi connectivity index (χ1v) is 7.46. The van der Waals surface area contributed by atoms with Crippen molar-refractivity contribution in [2.45, 2.75) is 65.3 Å². The van der Waals surface area contributed by atoms with Gasteiger partial charge in [-0.05, 0) is 52.2 Å². The molecule has 0 saturated carbocycles. The second kappa shape index (κ2) is 6.74. The first kappa shape index (κ1) is 15.5. The molecule has 0 aliphatic carbocycles. The SMILES string of the molecule is Cc1cc(COCC2CCCO2)oc1CNC(C)(C)C. The lowest BCUT2D eigenvalue weighted by molar-refractivity contribution is 0.00555. The molecule has 1 aliphatic heterocycles. The van der Waals surface area contributed by atoms with Gasteiger partial charge in [0.2, 0.25) is 0 Å². The topological polar surface area (TPSA) is 43.6 Å². The summed E-state index contributed by atoms with van der Waals surface area (Å²) in [4.78, 5) is 0. The Labute approximate surface area is 121 Å². The molecule has 2 heterocycles. The number of furan rings is 1. The van der Waals surface area contributed by atoms with E-state index < -0.39 is 0 Å². The Bertz CT molecular complexity index is 414. The van der Waals surface area contributed by atoms with E-state index in [4.69, 9.17) is 13.9 Å². The van der Waals surface area contributed by atoms with Crippen LogP contribution >= 0.6 is 0 Å². The fraction of sp³-hybridized carbons (Fsp3) is 0.750. The molecule has 0 amide bonds. The molecule has 1 unspecified atom stereocenters. The number of hydrogen-bond donors (Lipinski definition) is 1. The zero-order valence-electron chi connectivity index (χ0n) is 13.1. The highest BCUT2D eigenvalue weighted by atomic mass is 16.5. The molecule has 4 nitrogen and oxygen atoms in total. The summed E-state index contributed by atoms with van der Waals surface area (Å²) in [5.41, 5.74) is 1.27. The average Bonchev–Trinajstić information content (AvgIpc) is 2.96. The zero-order valence-corrected chi connectivity index (χ0v) is 13.1. The molecule has 1 aliphatic rings. The Morgan fingerprint density at radius 3 is 2.85 bits per heavy atom. The van der Waals surface area contributed by atoms with Gasteiger partial charge in [-0.1, -0.05) is 0 Å². The highest BCUT2D eigenvalue weighted by molar-refractivity contribution is 5.19. The molecule has 1 aromatic rings. The van der Waals surface area contributed by atoms with Gasteiger partial charge < -0.3 is 19.2 Å². The van der Waals surface area contributed by atoms with Gasteiger partial charge in [-0.2, -0.15) is 0 Å². The van der Waals surface area contributed by atoms with E-state index in [0.717, 1.165) is 37.5 Å². The average molecular weight is 281 g/mol. The summed E-state index contributed by atoms with van der Waals surface area (Å²) >= 11 is 0. The molecule has 0 aromatic carbocycles. The number of nitrogens with one attached hydrogen (secondary N) is 1. The van der Waals surface area contributed by atoms with Crippen LogP contribution in [0.4, 0.5) is 0 Å². The van der Waals surface area contributed by atoms with E-state index in [1.165, 1.54) is 5.56 Å². The van der Waals surface area contributed by atoms with Crippen LogP contribution in [-0.4, -0.2) is 24.9 Å². The van der Waals surface area contributed by atoms with Crippen LogP contribution in [0.1, 0.15) is 50.7 Å². The second-order valence-corrected chi connectivity index (χ2v) is 6.57. The zero-order chi connectivity index (χ0) is 14.6. The van der Waals surface area contributed by atoms with E-state index in [1.54, 1.807) is 0 Å². The van der Waals surface area contributed by atoms with Crippen LogP contribution in [0.25, 0.3) is 0 Å². The van der Waals surface area contributed by atoms with Crippen LogP contribution in [0.15, 0.2) is 10.5 Å². The molecule has 1 fully saturated rings. The predicted octanol–water partition coefficient (Wildman–Crippen LogP) is 3.17. The van der Waals surface area contributed by atoms with Crippen molar-refractivity contribution in [1.29, 1.82) is 0 Å². The fourth-order valence-electron chi connectivity index (χ4n) is 2.25. The van der Waals surface area contributed by atoms with Gasteiger partial charge in [0.25, 0.3) is 0 Å². The summed E-state index contributed by atoms with van der Waals surface area (Å²) in [6.45, 7) is 11.3. The first-order valence-electron chi connectivity index (χ1n) is 7.46. The van der Waals surface area contributed by atoms with Crippen molar-refractivity contribution < 1.29 is 13.9 Å².